The molecule has 0 aliphatic carbocycles. The number of para-hydroxylation sites is 2. The molecule has 0 aliphatic rings. The number of rotatable bonds is 7. The zero-order valence-corrected chi connectivity index (χ0v) is 12.7. The van der Waals surface area contributed by atoms with Crippen molar-refractivity contribution in [2.24, 2.45) is 0 Å². The molecule has 7 heteroatoms. The molecule has 0 radical (unpaired) electrons. The Balaban J connectivity index is 2.93. The summed E-state index contributed by atoms with van der Waals surface area (Å²) >= 11 is 0. The van der Waals surface area contributed by atoms with Crippen molar-refractivity contribution < 1.29 is 17.9 Å². The maximum absolute atomic E-state index is 11.9. The van der Waals surface area contributed by atoms with Crippen LogP contribution in [0.3, 0.4) is 0 Å². The third kappa shape index (κ3) is 4.41. The minimum absolute atomic E-state index is 0.113. The van der Waals surface area contributed by atoms with Crippen LogP contribution in [-0.4, -0.2) is 40.8 Å². The lowest BCUT2D eigenvalue weighted by Crippen LogP contribution is -2.38. The second kappa shape index (κ2) is 7.14. The van der Waals surface area contributed by atoms with E-state index in [0.717, 1.165) is 6.26 Å². The summed E-state index contributed by atoms with van der Waals surface area (Å²) in [7, 11) is -1.97. The number of amides is 1. The molecule has 1 N–H and O–H groups in total. The Labute approximate surface area is 119 Å². The molecule has 1 rings (SSSR count). The third-order valence-electron chi connectivity index (χ3n) is 2.71. The summed E-state index contributed by atoms with van der Waals surface area (Å²) in [6, 6.07) is 6.86. The fraction of sp³-hybridized carbons (Fsp3) is 0.462. The number of methoxy groups -OCH3 is 1. The molecular formula is C13H20N2O4S. The van der Waals surface area contributed by atoms with Gasteiger partial charge in [0.2, 0.25) is 15.9 Å². The lowest BCUT2D eigenvalue weighted by atomic mass is 10.3. The van der Waals surface area contributed by atoms with E-state index >= 15 is 0 Å². The van der Waals surface area contributed by atoms with Crippen LogP contribution in [0.25, 0.3) is 0 Å². The first-order valence-corrected chi connectivity index (χ1v) is 8.12. The van der Waals surface area contributed by atoms with Gasteiger partial charge in [0.1, 0.15) is 5.75 Å². The van der Waals surface area contributed by atoms with Crippen LogP contribution < -0.4 is 14.4 Å². The zero-order chi connectivity index (χ0) is 15.2. The molecule has 1 aromatic rings. The molecule has 1 aromatic carbocycles. The van der Waals surface area contributed by atoms with Gasteiger partial charge < -0.3 is 10.1 Å². The van der Waals surface area contributed by atoms with Crippen molar-refractivity contribution in [2.75, 3.05) is 30.8 Å². The van der Waals surface area contributed by atoms with Gasteiger partial charge in [-0.1, -0.05) is 19.1 Å². The molecule has 0 saturated carbocycles. The number of benzene rings is 1. The zero-order valence-electron chi connectivity index (χ0n) is 11.9. The fourth-order valence-electron chi connectivity index (χ4n) is 1.72. The number of hydrogen-bond acceptors (Lipinski definition) is 4. The number of carbonyl (C=O) groups excluding carboxylic acids is 1. The van der Waals surface area contributed by atoms with Crippen LogP contribution in [0.5, 0.6) is 5.75 Å². The van der Waals surface area contributed by atoms with Crippen LogP contribution in [0.4, 0.5) is 5.69 Å². The van der Waals surface area contributed by atoms with Crippen molar-refractivity contribution in [3.05, 3.63) is 24.3 Å². The van der Waals surface area contributed by atoms with E-state index in [0.29, 0.717) is 17.9 Å². The van der Waals surface area contributed by atoms with Gasteiger partial charge >= 0.3 is 0 Å². The van der Waals surface area contributed by atoms with E-state index in [-0.39, 0.29) is 19.0 Å². The summed E-state index contributed by atoms with van der Waals surface area (Å²) in [5.41, 5.74) is 0.461. The van der Waals surface area contributed by atoms with E-state index < -0.39 is 10.0 Å². The first-order valence-electron chi connectivity index (χ1n) is 6.27. The Morgan fingerprint density at radius 1 is 1.35 bits per heavy atom. The molecule has 0 fully saturated rings. The van der Waals surface area contributed by atoms with E-state index in [1.165, 1.54) is 11.4 Å². The van der Waals surface area contributed by atoms with E-state index in [2.05, 4.69) is 5.32 Å². The fourth-order valence-corrected chi connectivity index (χ4v) is 2.65. The van der Waals surface area contributed by atoms with Gasteiger partial charge in [0.25, 0.3) is 0 Å². The van der Waals surface area contributed by atoms with E-state index in [1.54, 1.807) is 31.2 Å². The predicted molar refractivity (Wildman–Crippen MR) is 78.5 cm³/mol. The normalized spacial score (nSPS) is 10.9. The molecule has 112 valence electrons. The minimum atomic E-state index is -3.45. The topological polar surface area (TPSA) is 75.7 Å². The minimum Gasteiger partial charge on any atom is -0.495 e. The highest BCUT2D eigenvalue weighted by molar-refractivity contribution is 7.92. The summed E-state index contributed by atoms with van der Waals surface area (Å²) in [5, 5.41) is 2.66. The molecule has 0 spiro atoms. The highest BCUT2D eigenvalue weighted by Gasteiger charge is 2.20. The van der Waals surface area contributed by atoms with Crippen LogP contribution in [0.2, 0.25) is 0 Å². The molecule has 6 nitrogen and oxygen atoms in total. The Kier molecular flexibility index (Phi) is 5.82. The molecule has 0 aliphatic heterocycles. The van der Waals surface area contributed by atoms with Gasteiger partial charge in [-0.2, -0.15) is 0 Å². The number of nitrogens with one attached hydrogen (secondary N) is 1. The number of carbonyl (C=O) groups is 1. The second-order valence-corrected chi connectivity index (χ2v) is 6.12. The summed E-state index contributed by atoms with van der Waals surface area (Å²) in [5.74, 6) is 0.359. The van der Waals surface area contributed by atoms with Gasteiger partial charge in [0.05, 0.1) is 25.6 Å². The number of ether oxygens (including phenoxy) is 1. The molecule has 1 amide bonds. The summed E-state index contributed by atoms with van der Waals surface area (Å²) in [4.78, 5) is 11.2. The number of nitrogens with zero attached hydrogens (tertiary/aromatic N) is 1. The molecule has 0 aromatic heterocycles. The molecular weight excluding hydrogens is 280 g/mol. The summed E-state index contributed by atoms with van der Waals surface area (Å²) in [6.07, 6.45) is 1.49. The van der Waals surface area contributed by atoms with Crippen molar-refractivity contribution in [1.29, 1.82) is 0 Å². The Bertz CT molecular complexity index is 557. The van der Waals surface area contributed by atoms with Gasteiger partial charge in [0, 0.05) is 13.0 Å². The highest BCUT2D eigenvalue weighted by atomic mass is 32.2. The lowest BCUT2D eigenvalue weighted by molar-refractivity contribution is -0.120. The Morgan fingerprint density at radius 2 is 2.00 bits per heavy atom. The van der Waals surface area contributed by atoms with Crippen molar-refractivity contribution in [3.63, 3.8) is 0 Å². The van der Waals surface area contributed by atoms with Gasteiger partial charge in [-0.05, 0) is 12.1 Å². The van der Waals surface area contributed by atoms with Gasteiger partial charge in [-0.25, -0.2) is 8.42 Å². The maximum atomic E-state index is 11.9. The molecule has 0 unspecified atom stereocenters. The first-order chi connectivity index (χ1) is 9.40. The van der Waals surface area contributed by atoms with Crippen molar-refractivity contribution in [1.82, 2.24) is 5.32 Å². The predicted octanol–water partition coefficient (Wildman–Crippen LogP) is 0.987. The van der Waals surface area contributed by atoms with E-state index in [1.807, 2.05) is 0 Å². The first kappa shape index (κ1) is 16.3. The second-order valence-electron chi connectivity index (χ2n) is 4.21. The van der Waals surface area contributed by atoms with Crippen LogP contribution >= 0.6 is 0 Å². The van der Waals surface area contributed by atoms with Crippen LogP contribution in [0.15, 0.2) is 24.3 Å². The number of anilines is 1. The average Bonchev–Trinajstić information content (AvgIpc) is 2.42. The van der Waals surface area contributed by atoms with Crippen molar-refractivity contribution >= 4 is 21.6 Å². The van der Waals surface area contributed by atoms with Gasteiger partial charge in [-0.3, -0.25) is 9.10 Å². The van der Waals surface area contributed by atoms with Crippen molar-refractivity contribution in [2.45, 2.75) is 13.3 Å². The molecule has 0 bridgehead atoms. The molecule has 0 saturated heterocycles. The molecule has 0 heterocycles. The van der Waals surface area contributed by atoms with E-state index in [4.69, 9.17) is 4.74 Å². The Morgan fingerprint density at radius 3 is 2.55 bits per heavy atom. The monoisotopic (exact) mass is 300 g/mol. The summed E-state index contributed by atoms with van der Waals surface area (Å²) < 4.78 is 30.2. The van der Waals surface area contributed by atoms with Gasteiger partial charge in [-0.15, -0.1) is 0 Å². The third-order valence-corrected chi connectivity index (χ3v) is 3.89. The Hall–Kier alpha value is -1.76. The van der Waals surface area contributed by atoms with Crippen LogP contribution in [-0.2, 0) is 14.8 Å². The standard InChI is InChI=1S/C13H20N2O4S/c1-4-13(16)14-9-10-15(20(3,17)18)11-7-5-6-8-12(11)19-2/h5-8H,4,9-10H2,1-3H3,(H,14,16). The molecule has 0 atom stereocenters. The smallest absolute Gasteiger partial charge is 0.232 e. The number of sulfonamides is 1. The van der Waals surface area contributed by atoms with Crippen LogP contribution in [0.1, 0.15) is 13.3 Å². The lowest BCUT2D eigenvalue weighted by Gasteiger charge is -2.24. The van der Waals surface area contributed by atoms with Crippen LogP contribution in [0, 0.1) is 0 Å². The average molecular weight is 300 g/mol. The maximum Gasteiger partial charge on any atom is 0.232 e. The summed E-state index contributed by atoms with van der Waals surface area (Å²) in [6.45, 7) is 2.15. The van der Waals surface area contributed by atoms with Crippen molar-refractivity contribution in [3.8, 4) is 5.75 Å². The number of hydrogen-bond donors (Lipinski definition) is 1. The molecule has 20 heavy (non-hydrogen) atoms. The van der Waals surface area contributed by atoms with Gasteiger partial charge in [0.15, 0.2) is 0 Å². The SMILES string of the molecule is CCC(=O)NCCN(c1ccccc1OC)S(C)(=O)=O. The quantitative estimate of drug-likeness (QED) is 0.814. The largest absolute Gasteiger partial charge is 0.495 e. The van der Waals surface area contributed by atoms with E-state index in [9.17, 15) is 13.2 Å². The highest BCUT2D eigenvalue weighted by Crippen LogP contribution is 2.28.